The van der Waals surface area contributed by atoms with Gasteiger partial charge < -0.3 is 9.84 Å². The zero-order valence-corrected chi connectivity index (χ0v) is 18.1. The van der Waals surface area contributed by atoms with Gasteiger partial charge in [0.25, 0.3) is 0 Å². The predicted octanol–water partition coefficient (Wildman–Crippen LogP) is 6.79. The third-order valence-electron chi connectivity index (χ3n) is 6.10. The van der Waals surface area contributed by atoms with Crippen LogP contribution in [0.15, 0.2) is 48.5 Å². The monoisotopic (exact) mass is 416 g/mol. The van der Waals surface area contributed by atoms with Crippen molar-refractivity contribution < 1.29 is 19.4 Å². The Kier molecular flexibility index (Phi) is 6.08. The average molecular weight is 417 g/mol. The van der Waals surface area contributed by atoms with Gasteiger partial charge in [-0.3, -0.25) is 9.59 Å². The number of carbonyl (C=O) groups excluding carboxylic acids is 1. The van der Waals surface area contributed by atoms with E-state index in [0.717, 1.165) is 29.2 Å². The highest BCUT2D eigenvalue weighted by atomic mass is 16.5. The van der Waals surface area contributed by atoms with Crippen molar-refractivity contribution in [1.29, 1.82) is 0 Å². The highest BCUT2D eigenvalue weighted by Gasteiger charge is 2.21. The van der Waals surface area contributed by atoms with E-state index in [9.17, 15) is 9.59 Å². The van der Waals surface area contributed by atoms with Gasteiger partial charge >= 0.3 is 11.9 Å². The van der Waals surface area contributed by atoms with Gasteiger partial charge in [-0.05, 0) is 63.6 Å². The molecule has 0 fully saturated rings. The van der Waals surface area contributed by atoms with Crippen molar-refractivity contribution in [2.24, 2.45) is 0 Å². The number of carboxylic acid groups (broad SMARTS) is 1. The van der Waals surface area contributed by atoms with E-state index in [1.54, 1.807) is 0 Å². The molecule has 0 bridgehead atoms. The first-order valence-corrected chi connectivity index (χ1v) is 11.1. The van der Waals surface area contributed by atoms with Crippen LogP contribution < -0.4 is 0 Å². The Morgan fingerprint density at radius 1 is 0.871 bits per heavy atom. The zero-order chi connectivity index (χ0) is 22.0. The molecule has 1 atom stereocenters. The third kappa shape index (κ3) is 4.07. The second-order valence-electron chi connectivity index (χ2n) is 8.17. The maximum Gasteiger partial charge on any atom is 0.306 e. The predicted molar refractivity (Wildman–Crippen MR) is 125 cm³/mol. The second kappa shape index (κ2) is 8.93. The van der Waals surface area contributed by atoms with Crippen molar-refractivity contribution in [3.8, 4) is 0 Å². The van der Waals surface area contributed by atoms with Gasteiger partial charge in [-0.1, -0.05) is 62.4 Å². The number of hydrogen-bond donors (Lipinski definition) is 1. The van der Waals surface area contributed by atoms with Crippen LogP contribution in [0.1, 0.15) is 63.2 Å². The van der Waals surface area contributed by atoms with E-state index in [-0.39, 0.29) is 12.4 Å². The Labute approximate surface area is 182 Å². The van der Waals surface area contributed by atoms with Crippen molar-refractivity contribution in [3.05, 3.63) is 59.7 Å². The van der Waals surface area contributed by atoms with Gasteiger partial charge in [0.2, 0.25) is 0 Å². The molecule has 0 aromatic heterocycles. The molecule has 0 saturated heterocycles. The summed E-state index contributed by atoms with van der Waals surface area (Å²) in [6.45, 7) is 4.12. The minimum atomic E-state index is -0.832. The number of carbonyl (C=O) groups is 2. The molecule has 0 aliphatic heterocycles. The van der Waals surface area contributed by atoms with Crippen molar-refractivity contribution in [2.45, 2.75) is 58.5 Å². The van der Waals surface area contributed by atoms with Gasteiger partial charge in [0.15, 0.2) is 0 Å². The van der Waals surface area contributed by atoms with Crippen molar-refractivity contribution in [1.82, 2.24) is 0 Å². The molecule has 1 unspecified atom stereocenters. The van der Waals surface area contributed by atoms with Crippen LogP contribution in [-0.4, -0.2) is 17.0 Å². The number of benzene rings is 4. The van der Waals surface area contributed by atoms with Gasteiger partial charge in [0.1, 0.15) is 6.10 Å². The van der Waals surface area contributed by atoms with Crippen LogP contribution in [0.25, 0.3) is 32.3 Å². The Morgan fingerprint density at radius 2 is 1.52 bits per heavy atom. The Bertz CT molecular complexity index is 1240. The van der Waals surface area contributed by atoms with Crippen LogP contribution in [0.5, 0.6) is 0 Å². The summed E-state index contributed by atoms with van der Waals surface area (Å²) in [5.74, 6) is -1.07. The van der Waals surface area contributed by atoms with Gasteiger partial charge in [0.05, 0.1) is 0 Å². The lowest BCUT2D eigenvalue weighted by molar-refractivity contribution is -0.149. The molecule has 0 aliphatic rings. The first-order valence-electron chi connectivity index (χ1n) is 11.1. The molecule has 0 aliphatic carbocycles. The van der Waals surface area contributed by atoms with Gasteiger partial charge in [-0.2, -0.15) is 0 Å². The normalized spacial score (nSPS) is 12.6. The van der Waals surface area contributed by atoms with Crippen LogP contribution in [0.4, 0.5) is 0 Å². The van der Waals surface area contributed by atoms with E-state index in [1.807, 2.05) is 13.0 Å². The van der Waals surface area contributed by atoms with Gasteiger partial charge in [-0.25, -0.2) is 0 Å². The summed E-state index contributed by atoms with van der Waals surface area (Å²) in [6, 6.07) is 17.1. The molecular weight excluding hydrogens is 388 g/mol. The van der Waals surface area contributed by atoms with Crippen molar-refractivity contribution in [2.75, 3.05) is 0 Å². The molecule has 0 saturated carbocycles. The van der Waals surface area contributed by atoms with Crippen LogP contribution in [0.2, 0.25) is 0 Å². The molecule has 4 rings (SSSR count). The number of aliphatic carboxylic acids is 1. The molecule has 4 aromatic rings. The standard InChI is InChI=1S/C27H28O4/c1-3-6-25(30)31-23(7-5-8-24(28)29)21-14-13-19-12-11-18-10-9-17(4-2)20-15-16-22(21)27(19)26(18)20/h9-16,23H,3-8H2,1-2H3,(H,28,29). The van der Waals surface area contributed by atoms with E-state index < -0.39 is 12.1 Å². The molecule has 0 spiro atoms. The number of esters is 1. The number of hydrogen-bond acceptors (Lipinski definition) is 3. The molecule has 4 nitrogen and oxygen atoms in total. The number of carboxylic acids is 1. The topological polar surface area (TPSA) is 63.6 Å². The van der Waals surface area contributed by atoms with E-state index in [0.29, 0.717) is 19.3 Å². The quantitative estimate of drug-likeness (QED) is 0.241. The van der Waals surface area contributed by atoms with Crippen LogP contribution in [0.3, 0.4) is 0 Å². The first kappa shape index (κ1) is 21.1. The Morgan fingerprint density at radius 3 is 2.19 bits per heavy atom. The molecule has 0 heterocycles. The minimum absolute atomic E-state index is 0.0630. The maximum atomic E-state index is 12.3. The molecule has 4 heteroatoms. The summed E-state index contributed by atoms with van der Waals surface area (Å²) in [7, 11) is 0. The fourth-order valence-electron chi connectivity index (χ4n) is 4.61. The Hall–Kier alpha value is -3.14. The highest BCUT2D eigenvalue weighted by Crippen LogP contribution is 2.40. The molecule has 0 amide bonds. The summed E-state index contributed by atoms with van der Waals surface area (Å²) in [6.07, 6.45) is 2.61. The molecule has 4 aromatic carbocycles. The van der Waals surface area contributed by atoms with Crippen LogP contribution >= 0.6 is 0 Å². The van der Waals surface area contributed by atoms with Crippen LogP contribution in [-0.2, 0) is 20.7 Å². The number of aryl methyl sites for hydroxylation is 1. The first-order chi connectivity index (χ1) is 15.0. The highest BCUT2D eigenvalue weighted by molar-refractivity contribution is 6.24. The van der Waals surface area contributed by atoms with E-state index in [1.165, 1.54) is 27.1 Å². The summed E-state index contributed by atoms with van der Waals surface area (Å²) in [4.78, 5) is 23.4. The molecular formula is C27H28O4. The van der Waals surface area contributed by atoms with Crippen molar-refractivity contribution >= 4 is 44.3 Å². The summed E-state index contributed by atoms with van der Waals surface area (Å²) >= 11 is 0. The van der Waals surface area contributed by atoms with E-state index in [4.69, 9.17) is 9.84 Å². The third-order valence-corrected chi connectivity index (χ3v) is 6.10. The minimum Gasteiger partial charge on any atom is -0.481 e. The van der Waals surface area contributed by atoms with Crippen molar-refractivity contribution in [3.63, 3.8) is 0 Å². The SMILES string of the molecule is CCCC(=O)OC(CCCC(=O)O)c1ccc2ccc3ccc(CC)c4ccc1c2c34. The number of rotatable bonds is 9. The zero-order valence-electron chi connectivity index (χ0n) is 18.1. The lowest BCUT2D eigenvalue weighted by Crippen LogP contribution is -2.12. The lowest BCUT2D eigenvalue weighted by atomic mass is 9.88. The lowest BCUT2D eigenvalue weighted by Gasteiger charge is -2.22. The number of ether oxygens (including phenoxy) is 1. The smallest absolute Gasteiger partial charge is 0.306 e. The average Bonchev–Trinajstić information content (AvgIpc) is 2.76. The van der Waals surface area contributed by atoms with Gasteiger partial charge in [-0.15, -0.1) is 0 Å². The van der Waals surface area contributed by atoms with Crippen LogP contribution in [0, 0.1) is 0 Å². The molecule has 160 valence electrons. The maximum absolute atomic E-state index is 12.3. The molecule has 0 radical (unpaired) electrons. The molecule has 1 N–H and O–H groups in total. The summed E-state index contributed by atoms with van der Waals surface area (Å²) in [5, 5.41) is 16.2. The summed E-state index contributed by atoms with van der Waals surface area (Å²) < 4.78 is 5.86. The van der Waals surface area contributed by atoms with E-state index >= 15 is 0 Å². The fourth-order valence-corrected chi connectivity index (χ4v) is 4.61. The Balaban J connectivity index is 1.87. The second-order valence-corrected chi connectivity index (χ2v) is 8.17. The fraction of sp³-hybridized carbons (Fsp3) is 0.333. The van der Waals surface area contributed by atoms with E-state index in [2.05, 4.69) is 49.4 Å². The van der Waals surface area contributed by atoms with Gasteiger partial charge in [0, 0.05) is 18.4 Å². The largest absolute Gasteiger partial charge is 0.481 e. The molecule has 31 heavy (non-hydrogen) atoms. The summed E-state index contributed by atoms with van der Waals surface area (Å²) in [5.41, 5.74) is 2.28.